The van der Waals surface area contributed by atoms with Crippen LogP contribution in [0.1, 0.15) is 31.2 Å². The number of phenolic OH excluding ortho intramolecular Hbond substituents is 1. The van der Waals surface area contributed by atoms with Crippen LogP contribution in [-0.2, 0) is 9.59 Å². The number of hydrogen-bond acceptors (Lipinski definition) is 3. The number of anilines is 1. The third-order valence-electron chi connectivity index (χ3n) is 3.83. The minimum absolute atomic E-state index is 0.00775. The maximum atomic E-state index is 12.3. The molecular formula is C15H19NO4. The quantitative estimate of drug-likeness (QED) is 0.741. The first-order valence-electron chi connectivity index (χ1n) is 6.82. The number of hydrogen-bond donors (Lipinski definition) is 3. The maximum absolute atomic E-state index is 12.3. The Morgan fingerprint density at radius 1 is 1.20 bits per heavy atom. The highest BCUT2D eigenvalue weighted by Gasteiger charge is 2.35. The Hall–Kier alpha value is -2.04. The standard InChI is InChI=1S/C15H19NO4/c1-9-6-7-13(17)12(8-9)16-14(18)10-4-2-3-5-11(10)15(19)20/h6-8,10-11,17H,2-5H2,1H3,(H,16,18)(H,19,20). The summed E-state index contributed by atoms with van der Waals surface area (Å²) in [5.74, 6) is -2.40. The van der Waals surface area contributed by atoms with Crippen LogP contribution in [0.15, 0.2) is 18.2 Å². The zero-order valence-corrected chi connectivity index (χ0v) is 11.4. The van der Waals surface area contributed by atoms with Gasteiger partial charge in [-0.3, -0.25) is 9.59 Å². The first-order valence-corrected chi connectivity index (χ1v) is 6.82. The fraction of sp³-hybridized carbons (Fsp3) is 0.467. The van der Waals surface area contributed by atoms with Gasteiger partial charge in [0.2, 0.25) is 5.91 Å². The molecule has 20 heavy (non-hydrogen) atoms. The predicted molar refractivity (Wildman–Crippen MR) is 74.6 cm³/mol. The zero-order chi connectivity index (χ0) is 14.7. The van der Waals surface area contributed by atoms with Gasteiger partial charge in [0.15, 0.2) is 0 Å². The molecule has 1 aromatic rings. The maximum Gasteiger partial charge on any atom is 0.307 e. The second kappa shape index (κ2) is 5.94. The molecule has 0 heterocycles. The van der Waals surface area contributed by atoms with Gasteiger partial charge in [0.05, 0.1) is 17.5 Å². The Balaban J connectivity index is 2.14. The molecule has 2 rings (SSSR count). The van der Waals surface area contributed by atoms with Crippen LogP contribution in [0.3, 0.4) is 0 Å². The van der Waals surface area contributed by atoms with E-state index in [4.69, 9.17) is 0 Å². The number of aromatic hydroxyl groups is 1. The topological polar surface area (TPSA) is 86.6 Å². The van der Waals surface area contributed by atoms with Crippen molar-refractivity contribution in [2.75, 3.05) is 5.32 Å². The van der Waals surface area contributed by atoms with Crippen molar-refractivity contribution in [2.24, 2.45) is 11.8 Å². The van der Waals surface area contributed by atoms with Gasteiger partial charge >= 0.3 is 5.97 Å². The molecule has 5 heteroatoms. The molecule has 108 valence electrons. The molecule has 1 aromatic carbocycles. The lowest BCUT2D eigenvalue weighted by Crippen LogP contribution is -2.36. The van der Waals surface area contributed by atoms with Crippen LogP contribution in [0, 0.1) is 18.8 Å². The van der Waals surface area contributed by atoms with E-state index in [9.17, 15) is 19.8 Å². The van der Waals surface area contributed by atoms with Gasteiger partial charge in [0.25, 0.3) is 0 Å². The number of nitrogens with one attached hydrogen (secondary N) is 1. The number of carbonyl (C=O) groups is 2. The second-order valence-corrected chi connectivity index (χ2v) is 5.35. The van der Waals surface area contributed by atoms with E-state index < -0.39 is 17.8 Å². The second-order valence-electron chi connectivity index (χ2n) is 5.35. The molecule has 1 fully saturated rings. The summed E-state index contributed by atoms with van der Waals surface area (Å²) in [4.78, 5) is 23.5. The Morgan fingerprint density at radius 2 is 1.85 bits per heavy atom. The number of carboxylic acid groups (broad SMARTS) is 1. The van der Waals surface area contributed by atoms with Gasteiger partial charge in [-0.2, -0.15) is 0 Å². The number of carboxylic acids is 1. The smallest absolute Gasteiger partial charge is 0.307 e. The predicted octanol–water partition coefficient (Wildman–Crippen LogP) is 2.53. The number of rotatable bonds is 3. The molecule has 3 N–H and O–H groups in total. The Bertz CT molecular complexity index is 527. The van der Waals surface area contributed by atoms with E-state index in [2.05, 4.69) is 5.32 Å². The molecule has 1 aliphatic carbocycles. The monoisotopic (exact) mass is 277 g/mol. The molecule has 5 nitrogen and oxygen atoms in total. The van der Waals surface area contributed by atoms with Crippen molar-refractivity contribution < 1.29 is 19.8 Å². The van der Waals surface area contributed by atoms with Crippen molar-refractivity contribution >= 4 is 17.6 Å². The summed E-state index contributed by atoms with van der Waals surface area (Å²) < 4.78 is 0. The number of aryl methyl sites for hydroxylation is 1. The van der Waals surface area contributed by atoms with Crippen LogP contribution in [0.4, 0.5) is 5.69 Å². The van der Waals surface area contributed by atoms with Gasteiger partial charge < -0.3 is 15.5 Å². The van der Waals surface area contributed by atoms with Gasteiger partial charge in [-0.1, -0.05) is 18.9 Å². The lowest BCUT2D eigenvalue weighted by atomic mass is 9.78. The minimum Gasteiger partial charge on any atom is -0.506 e. The van der Waals surface area contributed by atoms with Crippen molar-refractivity contribution in [2.45, 2.75) is 32.6 Å². The molecule has 1 aliphatic rings. The molecule has 1 saturated carbocycles. The third-order valence-corrected chi connectivity index (χ3v) is 3.83. The van der Waals surface area contributed by atoms with Crippen LogP contribution in [0.5, 0.6) is 5.75 Å². The van der Waals surface area contributed by atoms with E-state index in [0.717, 1.165) is 18.4 Å². The minimum atomic E-state index is -0.918. The summed E-state index contributed by atoms with van der Waals surface area (Å²) in [6.07, 6.45) is 2.82. The highest BCUT2D eigenvalue weighted by Crippen LogP contribution is 2.32. The lowest BCUT2D eigenvalue weighted by Gasteiger charge is -2.27. The lowest BCUT2D eigenvalue weighted by molar-refractivity contribution is -0.147. The molecular weight excluding hydrogens is 258 g/mol. The highest BCUT2D eigenvalue weighted by molar-refractivity contribution is 5.96. The Kier molecular flexibility index (Phi) is 4.27. The number of amides is 1. The van der Waals surface area contributed by atoms with Crippen LogP contribution in [0.25, 0.3) is 0 Å². The van der Waals surface area contributed by atoms with Gasteiger partial charge in [-0.25, -0.2) is 0 Å². The number of carbonyl (C=O) groups excluding carboxylic acids is 1. The molecule has 0 saturated heterocycles. The van der Waals surface area contributed by atoms with E-state index in [1.807, 2.05) is 6.92 Å². The van der Waals surface area contributed by atoms with Gasteiger partial charge in [-0.15, -0.1) is 0 Å². The zero-order valence-electron chi connectivity index (χ0n) is 11.4. The van der Waals surface area contributed by atoms with Crippen molar-refractivity contribution in [1.82, 2.24) is 0 Å². The SMILES string of the molecule is Cc1ccc(O)c(NC(=O)C2CCCCC2C(=O)O)c1. The van der Waals surface area contributed by atoms with Crippen LogP contribution in [0.2, 0.25) is 0 Å². The molecule has 0 spiro atoms. The summed E-state index contributed by atoms with van der Waals surface area (Å²) in [7, 11) is 0. The summed E-state index contributed by atoms with van der Waals surface area (Å²) in [6.45, 7) is 1.86. The third kappa shape index (κ3) is 3.10. The van der Waals surface area contributed by atoms with Gasteiger partial charge in [0.1, 0.15) is 5.75 Å². The molecule has 0 bridgehead atoms. The van der Waals surface area contributed by atoms with E-state index >= 15 is 0 Å². The fourth-order valence-electron chi connectivity index (χ4n) is 2.72. The van der Waals surface area contributed by atoms with E-state index in [-0.39, 0.29) is 11.7 Å². The van der Waals surface area contributed by atoms with Crippen molar-refractivity contribution in [3.8, 4) is 5.75 Å². The van der Waals surface area contributed by atoms with Crippen LogP contribution < -0.4 is 5.32 Å². The normalized spacial score (nSPS) is 22.2. The molecule has 2 atom stereocenters. The fourth-order valence-corrected chi connectivity index (χ4v) is 2.72. The van der Waals surface area contributed by atoms with Gasteiger partial charge in [-0.05, 0) is 37.5 Å². The average Bonchev–Trinajstić information content (AvgIpc) is 2.42. The van der Waals surface area contributed by atoms with E-state index in [1.165, 1.54) is 6.07 Å². The van der Waals surface area contributed by atoms with Crippen molar-refractivity contribution in [1.29, 1.82) is 0 Å². The Morgan fingerprint density at radius 3 is 2.50 bits per heavy atom. The van der Waals surface area contributed by atoms with Crippen molar-refractivity contribution in [3.05, 3.63) is 23.8 Å². The summed E-state index contributed by atoms with van der Waals surface area (Å²) in [5.41, 5.74) is 1.25. The van der Waals surface area contributed by atoms with Crippen LogP contribution >= 0.6 is 0 Å². The van der Waals surface area contributed by atoms with E-state index in [1.54, 1.807) is 12.1 Å². The molecule has 2 unspecified atom stereocenters. The summed E-state index contributed by atoms with van der Waals surface area (Å²) in [5, 5.41) is 21.6. The molecule has 0 aromatic heterocycles. The molecule has 0 aliphatic heterocycles. The number of aliphatic carboxylic acids is 1. The average molecular weight is 277 g/mol. The Labute approximate surface area is 117 Å². The number of phenols is 1. The molecule has 1 amide bonds. The first kappa shape index (κ1) is 14.4. The number of benzene rings is 1. The van der Waals surface area contributed by atoms with Crippen LogP contribution in [-0.4, -0.2) is 22.1 Å². The van der Waals surface area contributed by atoms with E-state index in [0.29, 0.717) is 18.5 Å². The summed E-state index contributed by atoms with van der Waals surface area (Å²) in [6, 6.07) is 4.93. The first-order chi connectivity index (χ1) is 9.49. The molecule has 0 radical (unpaired) electrons. The van der Waals surface area contributed by atoms with Crippen molar-refractivity contribution in [3.63, 3.8) is 0 Å². The highest BCUT2D eigenvalue weighted by atomic mass is 16.4. The largest absolute Gasteiger partial charge is 0.506 e. The summed E-state index contributed by atoms with van der Waals surface area (Å²) >= 11 is 0. The van der Waals surface area contributed by atoms with Gasteiger partial charge in [0, 0.05) is 0 Å².